The molecular weight excluding hydrogens is 502 g/mol. The lowest BCUT2D eigenvalue weighted by molar-refractivity contribution is -0.118. The highest BCUT2D eigenvalue weighted by Gasteiger charge is 2.28. The number of aldehydes is 1. The molecule has 0 aromatic heterocycles. The summed E-state index contributed by atoms with van der Waals surface area (Å²) in [4.78, 5) is 16.5. The van der Waals surface area contributed by atoms with Crippen LogP contribution in [-0.2, 0) is 4.79 Å². The number of carbonyl (C=O) groups is 1. The van der Waals surface area contributed by atoms with Gasteiger partial charge in [0.05, 0.1) is 0 Å². The molecule has 2 rings (SSSR count). The molecule has 1 unspecified atom stereocenters. The quantitative estimate of drug-likeness (QED) is 0.210. The van der Waals surface area contributed by atoms with Gasteiger partial charge in [0.2, 0.25) is 0 Å². The zero-order valence-corrected chi connectivity index (χ0v) is 19.4. The van der Waals surface area contributed by atoms with E-state index in [2.05, 4.69) is 4.99 Å². The van der Waals surface area contributed by atoms with Crippen molar-refractivity contribution in [1.29, 1.82) is 0 Å². The number of hydrogen-bond acceptors (Lipinski definition) is 5. The molecule has 0 spiro atoms. The fraction of sp³-hybridized carbons (Fsp3) is 0.273. The molecule has 0 bridgehead atoms. The van der Waals surface area contributed by atoms with Gasteiger partial charge in [0.25, 0.3) is 5.66 Å². The maximum atomic E-state index is 13.8. The monoisotopic (exact) mass is 523 g/mol. The van der Waals surface area contributed by atoms with Crippen LogP contribution in [-0.4, -0.2) is 50.6 Å². The first-order valence-electron chi connectivity index (χ1n) is 9.81. The highest BCUT2D eigenvalue weighted by molar-refractivity contribution is 7.18. The number of anilines is 1. The van der Waals surface area contributed by atoms with Gasteiger partial charge in [-0.15, -0.1) is 0 Å². The van der Waals surface area contributed by atoms with E-state index in [0.717, 1.165) is 30.3 Å². The van der Waals surface area contributed by atoms with Crippen LogP contribution in [0.25, 0.3) is 5.70 Å². The Morgan fingerprint density at radius 3 is 2.23 bits per heavy atom. The van der Waals surface area contributed by atoms with Crippen LogP contribution in [0, 0.1) is 11.6 Å². The van der Waals surface area contributed by atoms with Crippen LogP contribution in [0.2, 0.25) is 0 Å². The summed E-state index contributed by atoms with van der Waals surface area (Å²) in [6.45, 7) is -3.16. The molecule has 0 amide bonds. The summed E-state index contributed by atoms with van der Waals surface area (Å²) in [5.41, 5.74) is 1.84. The largest absolute Gasteiger partial charge is 0.486 e. The van der Waals surface area contributed by atoms with Gasteiger partial charge in [-0.25, -0.2) is 8.78 Å². The Kier molecular flexibility index (Phi) is 9.25. The van der Waals surface area contributed by atoms with E-state index in [1.54, 1.807) is 0 Å². The molecule has 13 heteroatoms. The lowest BCUT2D eigenvalue weighted by Crippen LogP contribution is -2.28. The number of nitrogens with two attached hydrogens (primary N) is 1. The standard InChI is InChI=1S/C22H21F7N3O2P/c1-32(15-5-2-13(23)3-6-15)9-17(18(10-33)31-11-21(25,26)27)20(30)16-7-4-14(24)8-19(16)34-12-22(28,29)35/h2-8,10H,9,11-12,30,35H2,1H3. The number of rotatable bonds is 10. The minimum atomic E-state index is -4.73. The van der Waals surface area contributed by atoms with E-state index in [-0.39, 0.29) is 29.7 Å². The van der Waals surface area contributed by atoms with Gasteiger partial charge >= 0.3 is 6.18 Å². The number of carbonyl (C=O) groups excluding carboxylic acids is 1. The highest BCUT2D eigenvalue weighted by Crippen LogP contribution is 2.31. The Balaban J connectivity index is 2.62. The fourth-order valence-corrected chi connectivity index (χ4v) is 2.96. The van der Waals surface area contributed by atoms with Gasteiger partial charge in [-0.1, -0.05) is 9.24 Å². The Morgan fingerprint density at radius 2 is 1.69 bits per heavy atom. The van der Waals surface area contributed by atoms with Crippen molar-refractivity contribution in [2.45, 2.75) is 11.8 Å². The number of alkyl halides is 5. The SMILES string of the molecule is CN(CC(C(C=O)=NCC(F)(F)F)=C(N)c1ccc(F)cc1OCC(F)(F)P)c1ccc(F)cc1. The topological polar surface area (TPSA) is 67.9 Å². The summed E-state index contributed by atoms with van der Waals surface area (Å²) in [7, 11) is 2.73. The predicted octanol–water partition coefficient (Wildman–Crippen LogP) is 4.82. The molecule has 0 aliphatic rings. The van der Waals surface area contributed by atoms with Crippen molar-refractivity contribution >= 4 is 32.6 Å². The molecule has 2 aromatic carbocycles. The van der Waals surface area contributed by atoms with Crippen LogP contribution < -0.4 is 15.4 Å². The summed E-state index contributed by atoms with van der Waals surface area (Å²) < 4.78 is 96.9. The first-order chi connectivity index (χ1) is 16.2. The Hall–Kier alpha value is -3.14. The van der Waals surface area contributed by atoms with Crippen LogP contribution in [0.4, 0.5) is 36.4 Å². The molecule has 0 aliphatic carbocycles. The van der Waals surface area contributed by atoms with Crippen LogP contribution in [0.3, 0.4) is 0 Å². The van der Waals surface area contributed by atoms with E-state index in [4.69, 9.17) is 10.5 Å². The molecule has 0 aliphatic heterocycles. The summed E-state index contributed by atoms with van der Waals surface area (Å²) in [5.74, 6) is -1.81. The minimum Gasteiger partial charge on any atom is -0.486 e. The van der Waals surface area contributed by atoms with Crippen molar-refractivity contribution in [2.75, 3.05) is 31.6 Å². The smallest absolute Gasteiger partial charge is 0.407 e. The van der Waals surface area contributed by atoms with Gasteiger partial charge in [-0.05, 0) is 36.4 Å². The van der Waals surface area contributed by atoms with E-state index >= 15 is 0 Å². The Labute approximate surface area is 198 Å². The van der Waals surface area contributed by atoms with Crippen molar-refractivity contribution in [1.82, 2.24) is 0 Å². The fourth-order valence-electron chi connectivity index (χ4n) is 2.88. The van der Waals surface area contributed by atoms with Crippen molar-refractivity contribution in [2.24, 2.45) is 10.7 Å². The third kappa shape index (κ3) is 8.86. The van der Waals surface area contributed by atoms with Crippen molar-refractivity contribution in [3.8, 4) is 5.75 Å². The molecule has 0 saturated carbocycles. The van der Waals surface area contributed by atoms with E-state index in [1.165, 1.54) is 33.3 Å². The lowest BCUT2D eigenvalue weighted by atomic mass is 10.0. The van der Waals surface area contributed by atoms with E-state index in [9.17, 15) is 35.5 Å². The molecule has 1 atom stereocenters. The van der Waals surface area contributed by atoms with Gasteiger partial charge in [0, 0.05) is 42.2 Å². The van der Waals surface area contributed by atoms with Crippen LogP contribution >= 0.6 is 9.24 Å². The lowest BCUT2D eigenvalue weighted by Gasteiger charge is -2.23. The number of aliphatic imine (C=N–C) groups is 1. The molecule has 5 nitrogen and oxygen atoms in total. The molecule has 0 fully saturated rings. The van der Waals surface area contributed by atoms with Gasteiger partial charge in [-0.3, -0.25) is 9.79 Å². The maximum Gasteiger partial charge on any atom is 0.407 e. The third-order valence-electron chi connectivity index (χ3n) is 4.49. The zero-order chi connectivity index (χ0) is 26.4. The number of hydrogen-bond donors (Lipinski definition) is 1. The van der Waals surface area contributed by atoms with E-state index in [1.807, 2.05) is 0 Å². The first kappa shape index (κ1) is 28.1. The van der Waals surface area contributed by atoms with E-state index in [0.29, 0.717) is 5.69 Å². The summed E-state index contributed by atoms with van der Waals surface area (Å²) in [6.07, 6.45) is -4.67. The Bertz CT molecular complexity index is 1100. The molecule has 2 aromatic rings. The van der Waals surface area contributed by atoms with Crippen molar-refractivity contribution in [3.05, 3.63) is 65.2 Å². The number of ether oxygens (including phenoxy) is 1. The first-order valence-corrected chi connectivity index (χ1v) is 10.4. The highest BCUT2D eigenvalue weighted by atomic mass is 31.0. The normalized spacial score (nSPS) is 13.3. The summed E-state index contributed by atoms with van der Waals surface area (Å²) in [6, 6.07) is 7.83. The number of nitrogens with zero attached hydrogens (tertiary/aromatic N) is 2. The molecule has 35 heavy (non-hydrogen) atoms. The molecule has 190 valence electrons. The summed E-state index contributed by atoms with van der Waals surface area (Å²) in [5, 5.41) is 0. The zero-order valence-electron chi connectivity index (χ0n) is 18.3. The average molecular weight is 523 g/mol. The van der Waals surface area contributed by atoms with E-state index < -0.39 is 48.1 Å². The molecule has 0 saturated heterocycles. The minimum absolute atomic E-state index is 0.0628. The predicted molar refractivity (Wildman–Crippen MR) is 122 cm³/mol. The second-order valence-electron chi connectivity index (χ2n) is 7.35. The van der Waals surface area contributed by atoms with Gasteiger partial charge in [0.1, 0.15) is 29.6 Å². The Morgan fingerprint density at radius 1 is 1.09 bits per heavy atom. The number of benzene rings is 2. The van der Waals surface area contributed by atoms with Gasteiger partial charge < -0.3 is 15.4 Å². The average Bonchev–Trinajstić information content (AvgIpc) is 2.76. The van der Waals surface area contributed by atoms with Crippen LogP contribution in [0.15, 0.2) is 53.0 Å². The summed E-state index contributed by atoms with van der Waals surface area (Å²) >= 11 is 0. The maximum absolute atomic E-state index is 13.8. The van der Waals surface area contributed by atoms with Crippen LogP contribution in [0.1, 0.15) is 5.56 Å². The van der Waals surface area contributed by atoms with Crippen molar-refractivity contribution in [3.63, 3.8) is 0 Å². The molecular formula is C22H21F7N3O2P. The molecule has 2 N–H and O–H groups in total. The van der Waals surface area contributed by atoms with Gasteiger partial charge in [0.15, 0.2) is 12.9 Å². The second-order valence-corrected chi connectivity index (χ2v) is 8.19. The van der Waals surface area contributed by atoms with Gasteiger partial charge in [-0.2, -0.15) is 22.0 Å². The number of likely N-dealkylation sites (N-methyl/N-ethyl adjacent to an activating group) is 1. The van der Waals surface area contributed by atoms with Crippen LogP contribution in [0.5, 0.6) is 5.75 Å². The molecule has 0 heterocycles. The van der Waals surface area contributed by atoms with Crippen molar-refractivity contribution < 1.29 is 40.3 Å². The second kappa shape index (κ2) is 11.5. The third-order valence-corrected chi connectivity index (χ3v) is 4.66. The molecule has 0 radical (unpaired) electrons. The number of halogens is 7.